The summed E-state index contributed by atoms with van der Waals surface area (Å²) >= 11 is 0.956. The monoisotopic (exact) mass is 618 g/mol. The van der Waals surface area contributed by atoms with Crippen molar-refractivity contribution in [2.75, 3.05) is 51.0 Å². The molecular weight excluding hydrogens is 586 g/mol. The van der Waals surface area contributed by atoms with Gasteiger partial charge in [-0.15, -0.1) is 11.3 Å². The highest BCUT2D eigenvalue weighted by atomic mass is 32.1. The highest BCUT2D eigenvalue weighted by molar-refractivity contribution is 7.23. The van der Waals surface area contributed by atoms with E-state index < -0.39 is 11.6 Å². The summed E-state index contributed by atoms with van der Waals surface area (Å²) in [4.78, 5) is 18.5. The largest absolute Gasteiger partial charge is 0.463 e. The molecule has 1 aliphatic carbocycles. The number of ether oxygens (including phenoxy) is 2. The molecule has 1 aromatic carbocycles. The Balaban J connectivity index is 1.37. The molecule has 13 heteroatoms. The van der Waals surface area contributed by atoms with E-state index in [1.54, 1.807) is 0 Å². The van der Waals surface area contributed by atoms with Crippen LogP contribution >= 0.6 is 11.3 Å². The molecule has 3 fully saturated rings. The van der Waals surface area contributed by atoms with Crippen molar-refractivity contribution < 1.29 is 18.3 Å². The fraction of sp³-hybridized carbons (Fsp3) is 0.484. The fourth-order valence-electron chi connectivity index (χ4n) is 7.42. The number of thiophene rings is 1. The lowest BCUT2D eigenvalue weighted by Gasteiger charge is -2.37. The number of hydrogen-bond acceptors (Lipinski definition) is 11. The van der Waals surface area contributed by atoms with Crippen LogP contribution in [0.2, 0.25) is 0 Å². The minimum Gasteiger partial charge on any atom is -0.463 e. The number of nitriles is 1. The van der Waals surface area contributed by atoms with Crippen molar-refractivity contribution >= 4 is 43.1 Å². The number of piperazine rings is 1. The topological polar surface area (TPSA) is 125 Å². The highest BCUT2D eigenvalue weighted by Crippen LogP contribution is 2.49. The Bertz CT molecular complexity index is 1870. The number of aromatic nitrogens is 3. The molecule has 4 aromatic rings. The second kappa shape index (κ2) is 10.2. The average molecular weight is 619 g/mol. The van der Waals surface area contributed by atoms with E-state index in [9.17, 15) is 9.65 Å². The van der Waals surface area contributed by atoms with Crippen molar-refractivity contribution in [3.63, 3.8) is 0 Å². The van der Waals surface area contributed by atoms with E-state index in [1.807, 2.05) is 14.1 Å². The molecule has 0 spiro atoms. The number of fused-ring (bicyclic) bond motifs is 6. The molecule has 4 aliphatic rings. The molecule has 0 amide bonds. The predicted octanol–water partition coefficient (Wildman–Crippen LogP) is 4.33. The maximum Gasteiger partial charge on any atom is 0.319 e. The molecule has 2 atom stereocenters. The van der Waals surface area contributed by atoms with E-state index in [0.29, 0.717) is 23.4 Å². The Labute approximate surface area is 256 Å². The molecule has 3 aliphatic heterocycles. The van der Waals surface area contributed by atoms with Crippen molar-refractivity contribution in [1.82, 2.24) is 25.2 Å². The van der Waals surface area contributed by atoms with Crippen molar-refractivity contribution in [1.29, 1.82) is 5.26 Å². The van der Waals surface area contributed by atoms with E-state index in [-0.39, 0.29) is 74.1 Å². The van der Waals surface area contributed by atoms with Gasteiger partial charge in [0, 0.05) is 48.1 Å². The maximum absolute atomic E-state index is 17.2. The third kappa shape index (κ3) is 4.23. The van der Waals surface area contributed by atoms with Gasteiger partial charge < -0.3 is 30.3 Å². The zero-order valence-electron chi connectivity index (χ0n) is 24.5. The Kier molecular flexibility index (Phi) is 6.43. The van der Waals surface area contributed by atoms with Crippen molar-refractivity contribution in [3.8, 4) is 23.3 Å². The van der Waals surface area contributed by atoms with Gasteiger partial charge in [0.1, 0.15) is 22.4 Å². The Morgan fingerprint density at radius 3 is 2.64 bits per heavy atom. The van der Waals surface area contributed by atoms with Gasteiger partial charge >= 0.3 is 6.01 Å². The van der Waals surface area contributed by atoms with E-state index >= 15 is 4.39 Å². The first-order valence-electron chi connectivity index (χ1n) is 14.9. The molecule has 2 bridgehead atoms. The standard InChI is InChI=1S/C31H32F2N8O2S/c1-40(2)13-31(5-6-31)14-43-30-38-26-23(29(39-30)41-15-3-4-16(41)9-36-8-15)19-12-42-11-18(19)21(24(26)33)25-22-17(7-34)28(35)44-27(22)20(32)10-37-25/h10,15-16,36H,3-6,8-9,11-14,35H2,1-2H3. The molecule has 1 saturated carbocycles. The van der Waals surface area contributed by atoms with Crippen LogP contribution < -0.4 is 20.7 Å². The van der Waals surface area contributed by atoms with Crippen LogP contribution in [0, 0.1) is 28.4 Å². The van der Waals surface area contributed by atoms with Crippen molar-refractivity contribution in [3.05, 3.63) is 34.5 Å². The molecule has 8 rings (SSSR count). The summed E-state index contributed by atoms with van der Waals surface area (Å²) in [5.41, 5.74) is 8.02. The molecule has 0 radical (unpaired) electrons. The number of pyridine rings is 1. The Hall–Kier alpha value is -3.70. The Morgan fingerprint density at radius 2 is 1.93 bits per heavy atom. The summed E-state index contributed by atoms with van der Waals surface area (Å²) in [6, 6.07) is 2.64. The first-order chi connectivity index (χ1) is 21.3. The zero-order chi connectivity index (χ0) is 30.3. The summed E-state index contributed by atoms with van der Waals surface area (Å²) in [7, 11) is 4.09. The van der Waals surface area contributed by atoms with E-state index in [1.165, 1.54) is 0 Å². The predicted molar refractivity (Wildman–Crippen MR) is 164 cm³/mol. The maximum atomic E-state index is 17.2. The Morgan fingerprint density at radius 1 is 1.18 bits per heavy atom. The second-order valence-electron chi connectivity index (χ2n) is 12.8. The number of rotatable bonds is 7. The lowest BCUT2D eigenvalue weighted by molar-refractivity contribution is 0.135. The van der Waals surface area contributed by atoms with Gasteiger partial charge in [0.15, 0.2) is 11.6 Å². The quantitative estimate of drug-likeness (QED) is 0.309. The third-order valence-electron chi connectivity index (χ3n) is 9.54. The van der Waals surface area contributed by atoms with Crippen LogP contribution in [-0.4, -0.2) is 72.3 Å². The van der Waals surface area contributed by atoms with Gasteiger partial charge in [-0.2, -0.15) is 15.2 Å². The van der Waals surface area contributed by atoms with Crippen LogP contribution in [-0.2, 0) is 18.0 Å². The van der Waals surface area contributed by atoms with Crippen LogP contribution in [0.5, 0.6) is 6.01 Å². The van der Waals surface area contributed by atoms with Crippen LogP contribution in [0.4, 0.5) is 19.6 Å². The van der Waals surface area contributed by atoms with Gasteiger partial charge in [0.25, 0.3) is 0 Å². The summed E-state index contributed by atoms with van der Waals surface area (Å²) in [6.45, 7) is 3.33. The highest BCUT2D eigenvalue weighted by Gasteiger charge is 2.45. The van der Waals surface area contributed by atoms with Gasteiger partial charge in [-0.1, -0.05) is 0 Å². The second-order valence-corrected chi connectivity index (χ2v) is 13.8. The first-order valence-corrected chi connectivity index (χ1v) is 15.8. The van der Waals surface area contributed by atoms with Gasteiger partial charge in [-0.05, 0) is 50.9 Å². The number of nitrogens with zero attached hydrogens (tertiary/aromatic N) is 6. The minimum atomic E-state index is -0.622. The summed E-state index contributed by atoms with van der Waals surface area (Å²) < 4.78 is 44.5. The summed E-state index contributed by atoms with van der Waals surface area (Å²) in [5, 5.41) is 14.4. The van der Waals surface area contributed by atoms with Gasteiger partial charge in [0.2, 0.25) is 0 Å². The number of nitrogens with two attached hydrogens (primary N) is 1. The summed E-state index contributed by atoms with van der Waals surface area (Å²) in [6.07, 6.45) is 5.18. The first kappa shape index (κ1) is 27.8. The lowest BCUT2D eigenvalue weighted by atomic mass is 9.93. The van der Waals surface area contributed by atoms with Crippen LogP contribution in [0.15, 0.2) is 6.20 Å². The minimum absolute atomic E-state index is 0.0295. The molecule has 44 heavy (non-hydrogen) atoms. The molecule has 3 aromatic heterocycles. The van der Waals surface area contributed by atoms with E-state index in [4.69, 9.17) is 25.2 Å². The van der Waals surface area contributed by atoms with Crippen molar-refractivity contribution in [2.24, 2.45) is 5.41 Å². The molecule has 2 unspecified atom stereocenters. The zero-order valence-corrected chi connectivity index (χ0v) is 25.4. The lowest BCUT2D eigenvalue weighted by Crippen LogP contribution is -2.52. The molecule has 228 valence electrons. The normalized spacial score (nSPS) is 21.8. The number of nitrogens with one attached hydrogen (secondary N) is 1. The number of benzene rings is 1. The van der Waals surface area contributed by atoms with E-state index in [0.717, 1.165) is 68.4 Å². The van der Waals surface area contributed by atoms with E-state index in [2.05, 4.69) is 26.2 Å². The van der Waals surface area contributed by atoms with Gasteiger partial charge in [-0.3, -0.25) is 4.98 Å². The SMILES string of the molecule is CN(C)CC1(COc2nc(N3C4CCC3CNC4)c3c4c(c(-c5ncc(F)c6sc(N)c(C#N)c56)c(F)c3n2)COC4)CC1. The number of nitrogen functional groups attached to an aromatic ring is 1. The molecule has 2 saturated heterocycles. The van der Waals surface area contributed by atoms with Gasteiger partial charge in [0.05, 0.1) is 47.4 Å². The molecule has 3 N–H and O–H groups in total. The van der Waals surface area contributed by atoms with Crippen molar-refractivity contribution in [2.45, 2.75) is 51.0 Å². The van der Waals surface area contributed by atoms with Crippen LogP contribution in [0.25, 0.3) is 32.2 Å². The summed E-state index contributed by atoms with van der Waals surface area (Å²) in [5.74, 6) is -0.570. The molecule has 6 heterocycles. The molecule has 10 nitrogen and oxygen atoms in total. The van der Waals surface area contributed by atoms with Gasteiger partial charge in [-0.25, -0.2) is 8.78 Å². The molecular formula is C31H32F2N8O2S. The van der Waals surface area contributed by atoms with Crippen LogP contribution in [0.3, 0.4) is 0 Å². The number of anilines is 2. The number of halogens is 2. The fourth-order valence-corrected chi connectivity index (χ4v) is 8.34. The third-order valence-corrected chi connectivity index (χ3v) is 10.6. The smallest absolute Gasteiger partial charge is 0.319 e. The number of hydrogen-bond donors (Lipinski definition) is 2. The average Bonchev–Trinajstić information content (AvgIpc) is 3.30. The van der Waals surface area contributed by atoms with Crippen LogP contribution in [0.1, 0.15) is 42.4 Å².